The molecule has 0 radical (unpaired) electrons. The monoisotopic (exact) mass is 595 g/mol. The molecule has 0 unspecified atom stereocenters. The fourth-order valence-corrected chi connectivity index (χ4v) is 4.71. The van der Waals surface area contributed by atoms with E-state index in [0.717, 1.165) is 43.1 Å². The van der Waals surface area contributed by atoms with E-state index in [9.17, 15) is 4.79 Å². The first-order chi connectivity index (χ1) is 21.6. The lowest BCUT2D eigenvalue weighted by Crippen LogP contribution is -2.23. The Morgan fingerprint density at radius 1 is 0.591 bits per heavy atom. The number of ether oxygens (including phenoxy) is 4. The molecule has 0 N–H and O–H groups in total. The quantitative estimate of drug-likeness (QED) is 0.0534. The molecule has 0 atom stereocenters. The van der Waals surface area contributed by atoms with Gasteiger partial charge in [0.25, 0.3) is 0 Å². The Bertz CT molecular complexity index is 1290. The maximum Gasteiger partial charge on any atom is 0.343 e. The van der Waals surface area contributed by atoms with E-state index in [1.54, 1.807) is 43.5 Å². The van der Waals surface area contributed by atoms with Gasteiger partial charge in [0.15, 0.2) is 0 Å². The molecule has 0 aliphatic carbocycles. The van der Waals surface area contributed by atoms with Gasteiger partial charge in [-0.15, -0.1) is 12.8 Å². The number of carbonyl (C=O) groups is 1. The molecule has 0 amide bonds. The minimum atomic E-state index is -0.403. The number of methoxy groups -OCH3 is 1. The second kappa shape index (κ2) is 20.4. The second-order valence-corrected chi connectivity index (χ2v) is 10.6. The zero-order valence-corrected chi connectivity index (χ0v) is 26.0. The number of carbonyl (C=O) groups excluding carboxylic acids is 1. The average Bonchev–Trinajstić information content (AvgIpc) is 3.05. The molecule has 0 aliphatic rings. The van der Waals surface area contributed by atoms with E-state index in [0.29, 0.717) is 36.8 Å². The van der Waals surface area contributed by atoms with Crippen LogP contribution >= 0.6 is 0 Å². The third-order valence-electron chi connectivity index (χ3n) is 7.20. The van der Waals surface area contributed by atoms with Crippen LogP contribution in [0.5, 0.6) is 23.0 Å². The molecule has 3 rings (SSSR count). The van der Waals surface area contributed by atoms with Crippen molar-refractivity contribution in [1.29, 1.82) is 0 Å². The number of nitrogens with zero attached hydrogens (tertiary/aromatic N) is 1. The first-order valence-corrected chi connectivity index (χ1v) is 15.6. The van der Waals surface area contributed by atoms with Gasteiger partial charge in [-0.25, -0.2) is 4.79 Å². The van der Waals surface area contributed by atoms with Crippen LogP contribution in [0.3, 0.4) is 0 Å². The highest BCUT2D eigenvalue weighted by Crippen LogP contribution is 2.21. The summed E-state index contributed by atoms with van der Waals surface area (Å²) in [7, 11) is 1.59. The van der Waals surface area contributed by atoms with Gasteiger partial charge in [-0.3, -0.25) is 0 Å². The van der Waals surface area contributed by atoms with Gasteiger partial charge >= 0.3 is 5.97 Å². The van der Waals surface area contributed by atoms with Crippen LogP contribution in [0.1, 0.15) is 74.6 Å². The molecule has 0 bridgehead atoms. The fourth-order valence-electron chi connectivity index (χ4n) is 4.71. The van der Waals surface area contributed by atoms with Crippen LogP contribution in [0, 0.1) is 24.7 Å². The predicted molar refractivity (Wildman–Crippen MR) is 178 cm³/mol. The molecule has 0 saturated heterocycles. The van der Waals surface area contributed by atoms with Gasteiger partial charge in [-0.2, -0.15) is 0 Å². The van der Waals surface area contributed by atoms with Gasteiger partial charge < -0.3 is 23.8 Å². The van der Waals surface area contributed by atoms with Gasteiger partial charge in [0, 0.05) is 5.69 Å². The Hall–Kier alpha value is -4.55. The average molecular weight is 596 g/mol. The van der Waals surface area contributed by atoms with Crippen LogP contribution < -0.4 is 23.8 Å². The number of hydrogen-bond acceptors (Lipinski definition) is 6. The summed E-state index contributed by atoms with van der Waals surface area (Å²) < 4.78 is 22.3. The van der Waals surface area contributed by atoms with E-state index in [1.165, 1.54) is 44.9 Å². The number of esters is 1. The number of benzene rings is 3. The van der Waals surface area contributed by atoms with Crippen LogP contribution in [0.2, 0.25) is 0 Å². The molecular formula is C38H45NO5. The summed E-state index contributed by atoms with van der Waals surface area (Å²) in [5.41, 5.74) is 1.49. The van der Waals surface area contributed by atoms with Crippen LogP contribution in [-0.4, -0.2) is 39.4 Å². The topological polar surface area (TPSA) is 57.2 Å². The molecule has 6 nitrogen and oxygen atoms in total. The molecule has 0 spiro atoms. The number of hydrogen-bond donors (Lipinski definition) is 0. The molecule has 0 fully saturated rings. The SMILES string of the molecule is C#CCN(CC#C)c1ccc(OCCCCCCCCCCCCOc2ccc(C(=O)Oc3ccc(OC)cc3)cc2)cc1. The largest absolute Gasteiger partial charge is 0.497 e. The van der Waals surface area contributed by atoms with Crippen molar-refractivity contribution in [2.45, 2.75) is 64.2 Å². The lowest BCUT2D eigenvalue weighted by atomic mass is 10.1. The maximum atomic E-state index is 12.4. The highest BCUT2D eigenvalue weighted by Gasteiger charge is 2.09. The second-order valence-electron chi connectivity index (χ2n) is 10.6. The highest BCUT2D eigenvalue weighted by molar-refractivity contribution is 5.91. The van der Waals surface area contributed by atoms with Crippen LogP contribution in [0.15, 0.2) is 72.8 Å². The summed E-state index contributed by atoms with van der Waals surface area (Å²) in [4.78, 5) is 14.3. The molecular weight excluding hydrogens is 550 g/mol. The van der Waals surface area contributed by atoms with Crippen molar-refractivity contribution in [2.24, 2.45) is 0 Å². The standard InChI is InChI=1S/C38H45NO5/c1-4-28-39(29-5-2)33-18-22-36(23-19-33)43-31-15-13-11-9-7-6-8-10-12-14-30-42-35-20-16-32(17-21-35)38(40)44-37-26-24-34(41-3)25-27-37/h1-2,16-27H,6-15,28-31H2,3H3. The smallest absolute Gasteiger partial charge is 0.343 e. The Morgan fingerprint density at radius 2 is 1.00 bits per heavy atom. The van der Waals surface area contributed by atoms with Gasteiger partial charge in [0.2, 0.25) is 0 Å². The first-order valence-electron chi connectivity index (χ1n) is 15.6. The minimum absolute atomic E-state index is 0.403. The fraction of sp³-hybridized carbons (Fsp3) is 0.395. The van der Waals surface area contributed by atoms with Crippen LogP contribution in [0.25, 0.3) is 0 Å². The van der Waals surface area contributed by atoms with E-state index >= 15 is 0 Å². The summed E-state index contributed by atoms with van der Waals surface area (Å²) in [6.45, 7) is 2.40. The Morgan fingerprint density at radius 3 is 1.45 bits per heavy atom. The number of terminal acetylenes is 2. The summed E-state index contributed by atoms with van der Waals surface area (Å²) in [6, 6.07) is 22.0. The lowest BCUT2D eigenvalue weighted by Gasteiger charge is -2.19. The molecule has 0 heterocycles. The molecule has 0 saturated carbocycles. The van der Waals surface area contributed by atoms with Crippen molar-refractivity contribution in [1.82, 2.24) is 0 Å². The molecule has 0 aromatic heterocycles. The zero-order chi connectivity index (χ0) is 31.2. The Labute approximate surface area is 263 Å². The zero-order valence-electron chi connectivity index (χ0n) is 26.0. The molecule has 6 heteroatoms. The summed E-state index contributed by atoms with van der Waals surface area (Å²) >= 11 is 0. The van der Waals surface area contributed by atoms with Crippen LogP contribution in [0.4, 0.5) is 5.69 Å². The van der Waals surface area contributed by atoms with Crippen molar-refractivity contribution in [2.75, 3.05) is 38.3 Å². The number of rotatable bonds is 21. The molecule has 44 heavy (non-hydrogen) atoms. The first kappa shape index (κ1) is 33.9. The van der Waals surface area contributed by atoms with Crippen LogP contribution in [-0.2, 0) is 0 Å². The predicted octanol–water partition coefficient (Wildman–Crippen LogP) is 8.35. The third kappa shape index (κ3) is 12.8. The van der Waals surface area contributed by atoms with Gasteiger partial charge in [0.1, 0.15) is 23.0 Å². The highest BCUT2D eigenvalue weighted by atomic mass is 16.5. The van der Waals surface area contributed by atoms with Crippen molar-refractivity contribution in [3.63, 3.8) is 0 Å². The third-order valence-corrected chi connectivity index (χ3v) is 7.20. The van der Waals surface area contributed by atoms with E-state index in [2.05, 4.69) is 11.8 Å². The molecule has 0 aliphatic heterocycles. The van der Waals surface area contributed by atoms with Crippen molar-refractivity contribution in [3.05, 3.63) is 78.4 Å². The van der Waals surface area contributed by atoms with E-state index < -0.39 is 5.97 Å². The number of unbranched alkanes of at least 4 members (excludes halogenated alkanes) is 9. The molecule has 232 valence electrons. The van der Waals surface area contributed by atoms with E-state index in [-0.39, 0.29) is 0 Å². The normalized spacial score (nSPS) is 10.3. The van der Waals surface area contributed by atoms with Gasteiger partial charge in [-0.1, -0.05) is 63.2 Å². The number of anilines is 1. The minimum Gasteiger partial charge on any atom is -0.497 e. The Kier molecular flexibility index (Phi) is 15.7. The Balaban J connectivity index is 1.13. The maximum absolute atomic E-state index is 12.4. The summed E-state index contributed by atoms with van der Waals surface area (Å²) in [5, 5.41) is 0. The summed E-state index contributed by atoms with van der Waals surface area (Å²) in [6.07, 6.45) is 22.9. The van der Waals surface area contributed by atoms with E-state index in [4.69, 9.17) is 31.8 Å². The lowest BCUT2D eigenvalue weighted by molar-refractivity contribution is 0.0734. The van der Waals surface area contributed by atoms with Crippen molar-refractivity contribution >= 4 is 11.7 Å². The molecule has 3 aromatic carbocycles. The molecule has 3 aromatic rings. The summed E-state index contributed by atoms with van der Waals surface area (Å²) in [5.74, 6) is 7.71. The van der Waals surface area contributed by atoms with Gasteiger partial charge in [0.05, 0.1) is 39.0 Å². The van der Waals surface area contributed by atoms with Crippen molar-refractivity contribution in [3.8, 4) is 47.7 Å². The van der Waals surface area contributed by atoms with E-state index in [1.807, 2.05) is 41.3 Å². The van der Waals surface area contributed by atoms with Gasteiger partial charge in [-0.05, 0) is 85.6 Å². The van der Waals surface area contributed by atoms with Crippen molar-refractivity contribution < 1.29 is 23.7 Å².